The summed E-state index contributed by atoms with van der Waals surface area (Å²) in [6.45, 7) is 0.483. The lowest BCUT2D eigenvalue weighted by atomic mass is 10.1. The number of rotatable bonds is 6. The van der Waals surface area contributed by atoms with Crippen molar-refractivity contribution in [2.75, 3.05) is 7.11 Å². The van der Waals surface area contributed by atoms with Gasteiger partial charge in [-0.05, 0) is 23.3 Å². The van der Waals surface area contributed by atoms with Crippen LogP contribution in [0.5, 0.6) is 0 Å². The molecule has 104 valence electrons. The monoisotopic (exact) mass is 288 g/mol. The number of ether oxygens (including phenoxy) is 1. The molecule has 2 aromatic rings. The molecule has 0 saturated heterocycles. The summed E-state index contributed by atoms with van der Waals surface area (Å²) in [5.41, 5.74) is 2.53. The van der Waals surface area contributed by atoms with E-state index in [2.05, 4.69) is 12.1 Å². The molecule has 3 nitrogen and oxygen atoms in total. The molecule has 0 amide bonds. The molecule has 1 N–H and O–H groups in total. The Hall–Kier alpha value is -1.78. The van der Waals surface area contributed by atoms with Gasteiger partial charge in [-0.15, -0.1) is 11.8 Å². The van der Waals surface area contributed by atoms with Crippen LogP contribution in [-0.2, 0) is 17.1 Å². The lowest BCUT2D eigenvalue weighted by Crippen LogP contribution is -1.99. The maximum atomic E-state index is 11.1. The third kappa shape index (κ3) is 3.85. The van der Waals surface area contributed by atoms with E-state index in [1.165, 1.54) is 5.56 Å². The number of carbonyl (C=O) groups is 1. The van der Waals surface area contributed by atoms with Gasteiger partial charge in [-0.2, -0.15) is 0 Å². The number of methoxy groups -OCH3 is 1. The first-order valence-corrected chi connectivity index (χ1v) is 7.21. The highest BCUT2D eigenvalue weighted by Gasteiger charge is 2.09. The minimum atomic E-state index is -0.907. The average molecular weight is 288 g/mol. The Morgan fingerprint density at radius 1 is 1.20 bits per heavy atom. The first kappa shape index (κ1) is 14.6. The van der Waals surface area contributed by atoms with Crippen molar-refractivity contribution in [3.05, 3.63) is 65.2 Å². The van der Waals surface area contributed by atoms with Crippen LogP contribution in [0, 0.1) is 0 Å². The Labute approximate surface area is 122 Å². The van der Waals surface area contributed by atoms with E-state index in [0.29, 0.717) is 12.2 Å². The fourth-order valence-electron chi connectivity index (χ4n) is 1.83. The van der Waals surface area contributed by atoms with E-state index < -0.39 is 5.97 Å². The SMILES string of the molecule is COCc1ccc(C(=O)O)cc1SCc1ccccc1. The van der Waals surface area contributed by atoms with Crippen LogP contribution in [0.1, 0.15) is 21.5 Å². The smallest absolute Gasteiger partial charge is 0.335 e. The summed E-state index contributed by atoms with van der Waals surface area (Å²) in [6, 6.07) is 15.2. The highest BCUT2D eigenvalue weighted by Crippen LogP contribution is 2.28. The molecule has 20 heavy (non-hydrogen) atoms. The van der Waals surface area contributed by atoms with Gasteiger partial charge in [0, 0.05) is 17.8 Å². The Bertz CT molecular complexity index is 582. The first-order chi connectivity index (χ1) is 9.70. The summed E-state index contributed by atoms with van der Waals surface area (Å²) in [5.74, 6) is -0.101. The normalized spacial score (nSPS) is 10.4. The molecule has 0 bridgehead atoms. The number of hydrogen-bond donors (Lipinski definition) is 1. The Morgan fingerprint density at radius 2 is 1.95 bits per heavy atom. The highest BCUT2D eigenvalue weighted by molar-refractivity contribution is 7.98. The van der Waals surface area contributed by atoms with Gasteiger partial charge in [-0.1, -0.05) is 36.4 Å². The second kappa shape index (κ2) is 7.12. The van der Waals surface area contributed by atoms with Gasteiger partial charge in [0.05, 0.1) is 12.2 Å². The molecular weight excluding hydrogens is 272 g/mol. The van der Waals surface area contributed by atoms with Gasteiger partial charge >= 0.3 is 5.97 Å². The predicted molar refractivity (Wildman–Crippen MR) is 80.1 cm³/mol. The van der Waals surface area contributed by atoms with E-state index in [-0.39, 0.29) is 0 Å². The molecule has 2 aromatic carbocycles. The molecular formula is C16H16O3S. The number of carboxylic acid groups (broad SMARTS) is 1. The van der Waals surface area contributed by atoms with Gasteiger partial charge in [0.2, 0.25) is 0 Å². The van der Waals surface area contributed by atoms with Crippen LogP contribution >= 0.6 is 11.8 Å². The minimum Gasteiger partial charge on any atom is -0.478 e. The number of thioether (sulfide) groups is 1. The third-order valence-electron chi connectivity index (χ3n) is 2.85. The van der Waals surface area contributed by atoms with Crippen molar-refractivity contribution in [2.45, 2.75) is 17.3 Å². The van der Waals surface area contributed by atoms with E-state index in [4.69, 9.17) is 9.84 Å². The van der Waals surface area contributed by atoms with Crippen molar-refractivity contribution >= 4 is 17.7 Å². The molecule has 0 saturated carbocycles. The second-order valence-corrected chi connectivity index (χ2v) is 5.35. The second-order valence-electron chi connectivity index (χ2n) is 4.33. The van der Waals surface area contributed by atoms with E-state index in [9.17, 15) is 4.79 Å². The molecule has 2 rings (SSSR count). The van der Waals surface area contributed by atoms with E-state index in [0.717, 1.165) is 16.2 Å². The predicted octanol–water partition coefficient (Wildman–Crippen LogP) is 3.82. The minimum absolute atomic E-state index is 0.306. The lowest BCUT2D eigenvalue weighted by molar-refractivity contribution is 0.0696. The quantitative estimate of drug-likeness (QED) is 0.821. The van der Waals surface area contributed by atoms with Crippen molar-refractivity contribution < 1.29 is 14.6 Å². The number of hydrogen-bond acceptors (Lipinski definition) is 3. The molecule has 0 aliphatic carbocycles. The van der Waals surface area contributed by atoms with Crippen LogP contribution in [0.2, 0.25) is 0 Å². The topological polar surface area (TPSA) is 46.5 Å². The van der Waals surface area contributed by atoms with Gasteiger partial charge in [0.15, 0.2) is 0 Å². The van der Waals surface area contributed by atoms with Crippen LogP contribution in [0.3, 0.4) is 0 Å². The number of benzene rings is 2. The lowest BCUT2D eigenvalue weighted by Gasteiger charge is -2.10. The van der Waals surface area contributed by atoms with Crippen LogP contribution < -0.4 is 0 Å². The fraction of sp³-hybridized carbons (Fsp3) is 0.188. The van der Waals surface area contributed by atoms with Crippen LogP contribution in [0.25, 0.3) is 0 Å². The summed E-state index contributed by atoms with van der Waals surface area (Å²) in [7, 11) is 1.64. The first-order valence-electron chi connectivity index (χ1n) is 6.22. The third-order valence-corrected chi connectivity index (χ3v) is 4.02. The molecule has 0 aliphatic heterocycles. The molecule has 4 heteroatoms. The van der Waals surface area contributed by atoms with Crippen LogP contribution in [0.15, 0.2) is 53.4 Å². The zero-order valence-electron chi connectivity index (χ0n) is 11.2. The van der Waals surface area contributed by atoms with E-state index in [1.54, 1.807) is 31.0 Å². The van der Waals surface area contributed by atoms with Crippen LogP contribution in [0.4, 0.5) is 0 Å². The fourth-order valence-corrected chi connectivity index (χ4v) is 2.87. The standard InChI is InChI=1S/C16H16O3S/c1-19-10-14-8-7-13(16(17)18)9-15(14)20-11-12-5-3-2-4-6-12/h2-9H,10-11H2,1H3,(H,17,18). The van der Waals surface area contributed by atoms with Crippen molar-refractivity contribution in [1.82, 2.24) is 0 Å². The van der Waals surface area contributed by atoms with Gasteiger partial charge in [-0.3, -0.25) is 0 Å². The maximum absolute atomic E-state index is 11.1. The summed E-state index contributed by atoms with van der Waals surface area (Å²) < 4.78 is 5.16. The molecule has 0 aliphatic rings. The van der Waals surface area contributed by atoms with Crippen LogP contribution in [-0.4, -0.2) is 18.2 Å². The molecule has 0 aromatic heterocycles. The van der Waals surface area contributed by atoms with Crippen molar-refractivity contribution in [2.24, 2.45) is 0 Å². The Morgan fingerprint density at radius 3 is 2.60 bits per heavy atom. The van der Waals surface area contributed by atoms with Crippen molar-refractivity contribution in [3.8, 4) is 0 Å². The Kier molecular flexibility index (Phi) is 5.21. The summed E-state index contributed by atoms with van der Waals surface area (Å²) >= 11 is 1.63. The van der Waals surface area contributed by atoms with E-state index in [1.807, 2.05) is 24.3 Å². The zero-order chi connectivity index (χ0) is 14.4. The molecule has 0 fully saturated rings. The largest absolute Gasteiger partial charge is 0.478 e. The number of carboxylic acids is 1. The Balaban J connectivity index is 2.19. The molecule has 0 heterocycles. The molecule has 0 atom stereocenters. The van der Waals surface area contributed by atoms with Gasteiger partial charge in [-0.25, -0.2) is 4.79 Å². The molecule has 0 unspecified atom stereocenters. The molecule has 0 radical (unpaired) electrons. The van der Waals surface area contributed by atoms with E-state index >= 15 is 0 Å². The maximum Gasteiger partial charge on any atom is 0.335 e. The van der Waals surface area contributed by atoms with Gasteiger partial charge in [0.25, 0.3) is 0 Å². The number of aromatic carboxylic acids is 1. The summed E-state index contributed by atoms with van der Waals surface area (Å²) in [5, 5.41) is 9.07. The average Bonchev–Trinajstić information content (AvgIpc) is 2.47. The zero-order valence-corrected chi connectivity index (χ0v) is 12.0. The summed E-state index contributed by atoms with van der Waals surface area (Å²) in [4.78, 5) is 12.0. The summed E-state index contributed by atoms with van der Waals surface area (Å²) in [6.07, 6.45) is 0. The molecule has 0 spiro atoms. The van der Waals surface area contributed by atoms with Gasteiger partial charge in [0.1, 0.15) is 0 Å². The van der Waals surface area contributed by atoms with Crippen molar-refractivity contribution in [3.63, 3.8) is 0 Å². The highest BCUT2D eigenvalue weighted by atomic mass is 32.2. The van der Waals surface area contributed by atoms with Crippen molar-refractivity contribution in [1.29, 1.82) is 0 Å². The van der Waals surface area contributed by atoms with Gasteiger partial charge < -0.3 is 9.84 Å².